The molecule has 1 aromatic carbocycles. The van der Waals surface area contributed by atoms with Gasteiger partial charge in [-0.3, -0.25) is 0 Å². The van der Waals surface area contributed by atoms with Crippen LogP contribution in [0.3, 0.4) is 0 Å². The Balaban J connectivity index is 1.66. The minimum absolute atomic E-state index is 0.263. The van der Waals surface area contributed by atoms with Crippen molar-refractivity contribution < 1.29 is 14.6 Å². The van der Waals surface area contributed by atoms with Gasteiger partial charge in [0.2, 0.25) is 0 Å². The number of nitrogens with zero attached hydrogens (tertiary/aromatic N) is 2. The fourth-order valence-corrected chi connectivity index (χ4v) is 3.86. The zero-order valence-electron chi connectivity index (χ0n) is 11.3. The molecule has 1 aromatic heterocycles. The number of aromatic carboxylic acids is 1. The summed E-state index contributed by atoms with van der Waals surface area (Å²) in [6, 6.07) is 6.42. The first-order valence-electron chi connectivity index (χ1n) is 6.15. The molecule has 112 valence electrons. The zero-order chi connectivity index (χ0) is 15.1. The van der Waals surface area contributed by atoms with Gasteiger partial charge in [0.1, 0.15) is 5.75 Å². The van der Waals surface area contributed by atoms with Crippen LogP contribution in [0.4, 0.5) is 0 Å². The van der Waals surface area contributed by atoms with Crippen molar-refractivity contribution in [3.05, 3.63) is 29.8 Å². The van der Waals surface area contributed by atoms with Crippen LogP contribution >= 0.6 is 34.9 Å². The number of carboxylic acids is 1. The number of ether oxygens (including phenoxy) is 1. The van der Waals surface area contributed by atoms with E-state index in [9.17, 15) is 4.79 Å². The fourth-order valence-electron chi connectivity index (χ4n) is 1.44. The van der Waals surface area contributed by atoms with Crippen molar-refractivity contribution in [2.24, 2.45) is 0 Å². The van der Waals surface area contributed by atoms with Gasteiger partial charge in [0.05, 0.1) is 12.2 Å². The number of thioether (sulfide) groups is 2. The minimum Gasteiger partial charge on any atom is -0.494 e. The van der Waals surface area contributed by atoms with Gasteiger partial charge >= 0.3 is 5.97 Å². The van der Waals surface area contributed by atoms with Gasteiger partial charge in [0.15, 0.2) is 8.68 Å². The van der Waals surface area contributed by atoms with E-state index in [0.29, 0.717) is 12.4 Å². The highest BCUT2D eigenvalue weighted by molar-refractivity contribution is 8.02. The molecular formula is C13H14N2O3S3. The molecule has 0 spiro atoms. The lowest BCUT2D eigenvalue weighted by Gasteiger charge is -2.05. The molecular weight excluding hydrogens is 328 g/mol. The van der Waals surface area contributed by atoms with E-state index < -0.39 is 5.97 Å². The van der Waals surface area contributed by atoms with Crippen molar-refractivity contribution in [3.8, 4) is 5.75 Å². The molecule has 2 rings (SSSR count). The Bertz CT molecular complexity index is 587. The van der Waals surface area contributed by atoms with Gasteiger partial charge in [-0.05, 0) is 36.9 Å². The minimum atomic E-state index is -0.931. The van der Waals surface area contributed by atoms with Gasteiger partial charge in [-0.1, -0.05) is 34.9 Å². The van der Waals surface area contributed by atoms with Crippen molar-refractivity contribution >= 4 is 40.8 Å². The number of rotatable bonds is 8. The Morgan fingerprint density at radius 3 is 2.62 bits per heavy atom. The summed E-state index contributed by atoms with van der Waals surface area (Å²) in [7, 11) is 0. The largest absolute Gasteiger partial charge is 0.494 e. The first-order chi connectivity index (χ1) is 10.2. The molecule has 5 nitrogen and oxygen atoms in total. The molecule has 0 aliphatic rings. The molecule has 2 aromatic rings. The van der Waals surface area contributed by atoms with E-state index in [-0.39, 0.29) is 5.56 Å². The van der Waals surface area contributed by atoms with Crippen LogP contribution in [-0.4, -0.2) is 39.9 Å². The van der Waals surface area contributed by atoms with Crippen LogP contribution in [0.2, 0.25) is 0 Å². The van der Waals surface area contributed by atoms with Gasteiger partial charge in [0.25, 0.3) is 0 Å². The highest BCUT2D eigenvalue weighted by Crippen LogP contribution is 2.27. The molecule has 0 aliphatic heterocycles. The van der Waals surface area contributed by atoms with Crippen LogP contribution < -0.4 is 4.74 Å². The summed E-state index contributed by atoms with van der Waals surface area (Å²) in [5.74, 6) is 0.668. The summed E-state index contributed by atoms with van der Waals surface area (Å²) in [4.78, 5) is 10.7. The second kappa shape index (κ2) is 8.26. The van der Waals surface area contributed by atoms with Crippen LogP contribution in [0.25, 0.3) is 0 Å². The second-order valence-electron chi connectivity index (χ2n) is 3.92. The van der Waals surface area contributed by atoms with Crippen LogP contribution in [0.15, 0.2) is 32.9 Å². The van der Waals surface area contributed by atoms with Gasteiger partial charge in [-0.2, -0.15) is 0 Å². The van der Waals surface area contributed by atoms with Crippen molar-refractivity contribution in [2.75, 3.05) is 18.6 Å². The standard InChI is InChI=1S/C13H14N2O3S3/c1-19-12-14-15-13(21-12)20-8-2-7-18-10-5-3-9(4-6-10)11(16)17/h3-6H,2,7-8H2,1H3,(H,16,17). The quantitative estimate of drug-likeness (QED) is 0.581. The Hall–Kier alpha value is -1.25. The maximum atomic E-state index is 10.7. The van der Waals surface area contributed by atoms with Gasteiger partial charge in [-0.15, -0.1) is 10.2 Å². The van der Waals surface area contributed by atoms with Gasteiger partial charge in [0, 0.05) is 5.75 Å². The summed E-state index contributed by atoms with van der Waals surface area (Å²) in [5, 5.41) is 16.9. The smallest absolute Gasteiger partial charge is 0.335 e. The number of aromatic nitrogens is 2. The molecule has 0 saturated heterocycles. The third-order valence-electron chi connectivity index (χ3n) is 2.45. The molecule has 0 fully saturated rings. The molecule has 8 heteroatoms. The van der Waals surface area contributed by atoms with Crippen molar-refractivity contribution in [3.63, 3.8) is 0 Å². The summed E-state index contributed by atoms with van der Waals surface area (Å²) >= 11 is 4.87. The highest BCUT2D eigenvalue weighted by Gasteiger charge is 2.04. The van der Waals surface area contributed by atoms with E-state index in [2.05, 4.69) is 10.2 Å². The van der Waals surface area contributed by atoms with E-state index >= 15 is 0 Å². The van der Waals surface area contributed by atoms with E-state index in [1.165, 1.54) is 12.1 Å². The molecule has 0 bridgehead atoms. The third kappa shape index (κ3) is 5.22. The predicted octanol–water partition coefficient (Wildman–Crippen LogP) is 3.52. The molecule has 21 heavy (non-hydrogen) atoms. The van der Waals surface area contributed by atoms with E-state index in [1.807, 2.05) is 6.26 Å². The Morgan fingerprint density at radius 1 is 1.29 bits per heavy atom. The highest BCUT2D eigenvalue weighted by atomic mass is 32.2. The van der Waals surface area contributed by atoms with Crippen LogP contribution in [0.1, 0.15) is 16.8 Å². The molecule has 0 amide bonds. The molecule has 0 radical (unpaired) electrons. The lowest BCUT2D eigenvalue weighted by atomic mass is 10.2. The fraction of sp³-hybridized carbons (Fsp3) is 0.308. The van der Waals surface area contributed by atoms with Crippen molar-refractivity contribution in [2.45, 2.75) is 15.1 Å². The SMILES string of the molecule is CSc1nnc(SCCCOc2ccc(C(=O)O)cc2)s1. The van der Waals surface area contributed by atoms with E-state index in [0.717, 1.165) is 20.9 Å². The van der Waals surface area contributed by atoms with E-state index in [4.69, 9.17) is 9.84 Å². The van der Waals surface area contributed by atoms with E-state index in [1.54, 1.807) is 47.0 Å². The first kappa shape index (κ1) is 16.1. The van der Waals surface area contributed by atoms with Crippen LogP contribution in [-0.2, 0) is 0 Å². The molecule has 0 aliphatic carbocycles. The summed E-state index contributed by atoms with van der Waals surface area (Å²) in [6.45, 7) is 0.591. The average molecular weight is 342 g/mol. The maximum Gasteiger partial charge on any atom is 0.335 e. The molecule has 0 saturated carbocycles. The predicted molar refractivity (Wildman–Crippen MR) is 85.9 cm³/mol. The second-order valence-corrected chi connectivity index (χ2v) is 7.29. The molecule has 0 atom stereocenters. The third-order valence-corrected chi connectivity index (χ3v) is 5.57. The molecule has 1 heterocycles. The zero-order valence-corrected chi connectivity index (χ0v) is 13.8. The monoisotopic (exact) mass is 342 g/mol. The van der Waals surface area contributed by atoms with Crippen molar-refractivity contribution in [1.29, 1.82) is 0 Å². The van der Waals surface area contributed by atoms with Crippen LogP contribution in [0.5, 0.6) is 5.75 Å². The lowest BCUT2D eigenvalue weighted by molar-refractivity contribution is 0.0697. The number of carbonyl (C=O) groups is 1. The summed E-state index contributed by atoms with van der Waals surface area (Å²) in [5.41, 5.74) is 0.263. The molecule has 1 N–H and O–H groups in total. The number of hydrogen-bond acceptors (Lipinski definition) is 7. The Morgan fingerprint density at radius 2 is 2.00 bits per heavy atom. The van der Waals surface area contributed by atoms with Gasteiger partial charge < -0.3 is 9.84 Å². The van der Waals surface area contributed by atoms with Gasteiger partial charge in [-0.25, -0.2) is 4.79 Å². The first-order valence-corrected chi connectivity index (χ1v) is 9.18. The summed E-state index contributed by atoms with van der Waals surface area (Å²) < 4.78 is 7.52. The van der Waals surface area contributed by atoms with Crippen molar-refractivity contribution in [1.82, 2.24) is 10.2 Å². The lowest BCUT2D eigenvalue weighted by Crippen LogP contribution is -2.00. The Kier molecular flexibility index (Phi) is 6.34. The Labute approximate surface area is 135 Å². The molecule has 0 unspecified atom stereocenters. The summed E-state index contributed by atoms with van der Waals surface area (Å²) in [6.07, 6.45) is 2.87. The number of benzene rings is 1. The number of carboxylic acid groups (broad SMARTS) is 1. The van der Waals surface area contributed by atoms with Crippen LogP contribution in [0, 0.1) is 0 Å². The normalized spacial score (nSPS) is 10.5. The average Bonchev–Trinajstić information content (AvgIpc) is 2.95. The maximum absolute atomic E-state index is 10.7. The topological polar surface area (TPSA) is 72.3 Å². The number of hydrogen-bond donors (Lipinski definition) is 1.